The minimum Gasteiger partial charge on any atom is -0.396 e. The van der Waals surface area contributed by atoms with Crippen molar-refractivity contribution in [3.05, 3.63) is 35.9 Å². The Morgan fingerprint density at radius 1 is 1.28 bits per heavy atom. The summed E-state index contributed by atoms with van der Waals surface area (Å²) in [6.45, 7) is 0.889. The Kier molecular flexibility index (Phi) is 6.39. The second kappa shape index (κ2) is 7.84. The first-order valence-corrected chi connectivity index (χ1v) is 6.33. The molecule has 1 amide bonds. The number of likely N-dealkylation sites (N-methyl/N-ethyl adjacent to an activating group) is 1. The number of hydrogen-bond donors (Lipinski definition) is 2. The lowest BCUT2D eigenvalue weighted by molar-refractivity contribution is -0.131. The topological polar surface area (TPSA) is 66.6 Å². The molecular weight excluding hydrogens is 228 g/mol. The molecule has 0 saturated carbocycles. The van der Waals surface area contributed by atoms with E-state index in [1.54, 1.807) is 11.9 Å². The predicted octanol–water partition coefficient (Wildman–Crippen LogP) is 1.31. The number of carbonyl (C=O) groups is 1. The molecule has 0 fully saturated rings. The Bertz CT molecular complexity index is 354. The third-order valence-electron chi connectivity index (χ3n) is 2.95. The molecule has 1 aromatic rings. The minimum absolute atomic E-state index is 0.0646. The normalized spacial score (nSPS) is 12.2. The van der Waals surface area contributed by atoms with Gasteiger partial charge in [0, 0.05) is 20.2 Å². The lowest BCUT2D eigenvalue weighted by Crippen LogP contribution is -2.36. The van der Waals surface area contributed by atoms with E-state index < -0.39 is 6.04 Å². The third-order valence-corrected chi connectivity index (χ3v) is 2.95. The molecule has 0 spiro atoms. The van der Waals surface area contributed by atoms with Crippen LogP contribution < -0.4 is 5.73 Å². The summed E-state index contributed by atoms with van der Waals surface area (Å²) in [5.41, 5.74) is 6.78. The van der Waals surface area contributed by atoms with Crippen molar-refractivity contribution in [3.8, 4) is 0 Å². The summed E-state index contributed by atoms with van der Waals surface area (Å²) in [6.07, 6.45) is 2.60. The molecule has 3 N–H and O–H groups in total. The average Bonchev–Trinajstić information content (AvgIpc) is 2.42. The molecule has 1 atom stereocenters. The summed E-state index contributed by atoms with van der Waals surface area (Å²) in [4.78, 5) is 13.7. The fraction of sp³-hybridized carbons (Fsp3) is 0.500. The van der Waals surface area contributed by atoms with E-state index in [2.05, 4.69) is 0 Å². The van der Waals surface area contributed by atoms with Crippen molar-refractivity contribution in [2.75, 3.05) is 20.2 Å². The molecule has 1 unspecified atom stereocenters. The van der Waals surface area contributed by atoms with Crippen LogP contribution in [0.25, 0.3) is 0 Å². The molecule has 0 aromatic heterocycles. The molecular formula is C14H22N2O2. The van der Waals surface area contributed by atoms with Gasteiger partial charge in [-0.25, -0.2) is 0 Å². The van der Waals surface area contributed by atoms with Crippen LogP contribution in [0.3, 0.4) is 0 Å². The zero-order chi connectivity index (χ0) is 13.4. The van der Waals surface area contributed by atoms with E-state index in [0.717, 1.165) is 24.8 Å². The first-order chi connectivity index (χ1) is 8.66. The number of hydrogen-bond acceptors (Lipinski definition) is 3. The largest absolute Gasteiger partial charge is 0.396 e. The van der Waals surface area contributed by atoms with Gasteiger partial charge in [0.15, 0.2) is 0 Å². The molecule has 4 nitrogen and oxygen atoms in total. The van der Waals surface area contributed by atoms with Crippen molar-refractivity contribution in [1.29, 1.82) is 0 Å². The van der Waals surface area contributed by atoms with Crippen molar-refractivity contribution in [1.82, 2.24) is 4.90 Å². The fourth-order valence-electron chi connectivity index (χ4n) is 1.79. The summed E-state index contributed by atoms with van der Waals surface area (Å²) in [6, 6.07) is 8.80. The van der Waals surface area contributed by atoms with Crippen LogP contribution in [0.4, 0.5) is 0 Å². The molecule has 18 heavy (non-hydrogen) atoms. The summed E-state index contributed by atoms with van der Waals surface area (Å²) < 4.78 is 0. The van der Waals surface area contributed by atoms with E-state index >= 15 is 0 Å². The minimum atomic E-state index is -0.589. The highest BCUT2D eigenvalue weighted by Gasteiger charge is 2.18. The third kappa shape index (κ3) is 4.47. The Hall–Kier alpha value is -1.39. The number of rotatable bonds is 7. The van der Waals surface area contributed by atoms with Gasteiger partial charge >= 0.3 is 0 Å². The lowest BCUT2D eigenvalue weighted by atomic mass is 10.1. The highest BCUT2D eigenvalue weighted by molar-refractivity contribution is 5.82. The number of nitrogens with two attached hydrogens (primary N) is 1. The van der Waals surface area contributed by atoms with Gasteiger partial charge in [-0.2, -0.15) is 0 Å². The van der Waals surface area contributed by atoms with Crippen LogP contribution in [0.1, 0.15) is 30.9 Å². The number of carbonyl (C=O) groups excluding carboxylic acids is 1. The SMILES string of the molecule is CN(CCCCCO)C(=O)C(N)c1ccccc1. The highest BCUT2D eigenvalue weighted by atomic mass is 16.2. The van der Waals surface area contributed by atoms with E-state index in [4.69, 9.17) is 10.8 Å². The van der Waals surface area contributed by atoms with Gasteiger partial charge in [0.1, 0.15) is 6.04 Å². The van der Waals surface area contributed by atoms with E-state index in [1.807, 2.05) is 30.3 Å². The van der Waals surface area contributed by atoms with Crippen molar-refractivity contribution >= 4 is 5.91 Å². The van der Waals surface area contributed by atoms with Crippen LogP contribution in [0.2, 0.25) is 0 Å². The molecule has 4 heteroatoms. The lowest BCUT2D eigenvalue weighted by Gasteiger charge is -2.21. The summed E-state index contributed by atoms with van der Waals surface area (Å²) in [5.74, 6) is -0.0646. The van der Waals surface area contributed by atoms with Crippen LogP contribution in [0.5, 0.6) is 0 Å². The molecule has 0 radical (unpaired) electrons. The monoisotopic (exact) mass is 250 g/mol. The quantitative estimate of drug-likeness (QED) is 0.717. The van der Waals surface area contributed by atoms with Gasteiger partial charge in [0.25, 0.3) is 0 Å². The molecule has 0 aliphatic heterocycles. The zero-order valence-corrected chi connectivity index (χ0v) is 10.9. The van der Waals surface area contributed by atoms with Gasteiger partial charge in [-0.05, 0) is 24.8 Å². The van der Waals surface area contributed by atoms with Crippen LogP contribution >= 0.6 is 0 Å². The van der Waals surface area contributed by atoms with Crippen molar-refractivity contribution in [3.63, 3.8) is 0 Å². The standard InChI is InChI=1S/C14H22N2O2/c1-16(10-6-3-7-11-17)14(18)13(15)12-8-4-2-5-9-12/h2,4-5,8-9,13,17H,3,6-7,10-11,15H2,1H3. The van der Waals surface area contributed by atoms with Crippen molar-refractivity contribution in [2.45, 2.75) is 25.3 Å². The molecule has 1 rings (SSSR count). The summed E-state index contributed by atoms with van der Waals surface area (Å²) >= 11 is 0. The van der Waals surface area contributed by atoms with Gasteiger partial charge in [-0.3, -0.25) is 4.79 Å². The van der Waals surface area contributed by atoms with E-state index in [9.17, 15) is 4.79 Å². The van der Waals surface area contributed by atoms with Crippen molar-refractivity contribution in [2.24, 2.45) is 5.73 Å². The maximum atomic E-state index is 12.1. The maximum absolute atomic E-state index is 12.1. The maximum Gasteiger partial charge on any atom is 0.243 e. The smallest absolute Gasteiger partial charge is 0.243 e. The Balaban J connectivity index is 2.43. The van der Waals surface area contributed by atoms with E-state index in [-0.39, 0.29) is 12.5 Å². The number of benzene rings is 1. The van der Waals surface area contributed by atoms with Crippen LogP contribution in [-0.2, 0) is 4.79 Å². The number of aliphatic hydroxyl groups is 1. The second-order valence-corrected chi connectivity index (χ2v) is 4.43. The first-order valence-electron chi connectivity index (χ1n) is 6.33. The number of unbranched alkanes of at least 4 members (excludes halogenated alkanes) is 2. The van der Waals surface area contributed by atoms with Gasteiger partial charge < -0.3 is 15.7 Å². The summed E-state index contributed by atoms with van der Waals surface area (Å²) in [7, 11) is 1.77. The Morgan fingerprint density at radius 2 is 1.94 bits per heavy atom. The number of nitrogens with zero attached hydrogens (tertiary/aromatic N) is 1. The molecule has 0 aliphatic carbocycles. The number of amides is 1. The van der Waals surface area contributed by atoms with Gasteiger partial charge in [0.2, 0.25) is 5.91 Å². The van der Waals surface area contributed by atoms with E-state index in [0.29, 0.717) is 6.54 Å². The molecule has 0 aliphatic rings. The van der Waals surface area contributed by atoms with Crippen LogP contribution in [0, 0.1) is 0 Å². The fourth-order valence-corrected chi connectivity index (χ4v) is 1.79. The van der Waals surface area contributed by atoms with Crippen molar-refractivity contribution < 1.29 is 9.90 Å². The molecule has 100 valence electrons. The number of aliphatic hydroxyl groups excluding tert-OH is 1. The summed E-state index contributed by atoms with van der Waals surface area (Å²) in [5, 5.41) is 8.68. The van der Waals surface area contributed by atoms with Gasteiger partial charge in [-0.1, -0.05) is 30.3 Å². The highest BCUT2D eigenvalue weighted by Crippen LogP contribution is 2.12. The molecule has 0 saturated heterocycles. The Morgan fingerprint density at radius 3 is 2.56 bits per heavy atom. The van der Waals surface area contributed by atoms with E-state index in [1.165, 1.54) is 0 Å². The zero-order valence-electron chi connectivity index (χ0n) is 10.9. The van der Waals surface area contributed by atoms with Gasteiger partial charge in [0.05, 0.1) is 0 Å². The van der Waals surface area contributed by atoms with Crippen LogP contribution in [-0.4, -0.2) is 36.1 Å². The average molecular weight is 250 g/mol. The Labute approximate surface area is 108 Å². The van der Waals surface area contributed by atoms with Gasteiger partial charge in [-0.15, -0.1) is 0 Å². The first kappa shape index (κ1) is 14.7. The molecule has 0 heterocycles. The van der Waals surface area contributed by atoms with Crippen LogP contribution in [0.15, 0.2) is 30.3 Å². The predicted molar refractivity (Wildman–Crippen MR) is 71.9 cm³/mol. The molecule has 0 bridgehead atoms. The molecule has 1 aromatic carbocycles. The second-order valence-electron chi connectivity index (χ2n) is 4.43.